The van der Waals surface area contributed by atoms with Crippen molar-refractivity contribution in [3.63, 3.8) is 0 Å². The Morgan fingerprint density at radius 2 is 2.09 bits per heavy atom. The van der Waals surface area contributed by atoms with E-state index in [0.29, 0.717) is 24.3 Å². The van der Waals surface area contributed by atoms with Gasteiger partial charge in [-0.15, -0.1) is 0 Å². The van der Waals surface area contributed by atoms with Crippen molar-refractivity contribution in [2.45, 2.75) is 69.5 Å². The van der Waals surface area contributed by atoms with Crippen LogP contribution in [0.2, 0.25) is 0 Å². The quantitative estimate of drug-likeness (QED) is 0.191. The summed E-state index contributed by atoms with van der Waals surface area (Å²) in [6, 6.07) is 4.74. The molecule has 0 saturated heterocycles. The lowest BCUT2D eigenvalue weighted by Gasteiger charge is -2.23. The van der Waals surface area contributed by atoms with Gasteiger partial charge in [0.1, 0.15) is 5.82 Å². The highest BCUT2D eigenvalue weighted by atomic mass is 32.2. The average molecular weight is 519 g/mol. The minimum atomic E-state index is -0.182. The van der Waals surface area contributed by atoms with Gasteiger partial charge in [-0.05, 0) is 74.3 Å². The van der Waals surface area contributed by atoms with Crippen LogP contribution in [0.4, 0.5) is 5.82 Å². The Bertz CT molecular complexity index is 914. The molecular weight excluding hydrogens is 480 g/mol. The van der Waals surface area contributed by atoms with Crippen LogP contribution in [0.1, 0.15) is 68.2 Å². The minimum absolute atomic E-state index is 0.00533. The minimum Gasteiger partial charge on any atom is -0.467 e. The summed E-state index contributed by atoms with van der Waals surface area (Å²) in [7, 11) is 1.55. The van der Waals surface area contributed by atoms with Gasteiger partial charge < -0.3 is 14.8 Å². The third kappa shape index (κ3) is 9.18. The Morgan fingerprint density at radius 3 is 2.83 bits per heavy atom. The van der Waals surface area contributed by atoms with E-state index in [1.807, 2.05) is 18.7 Å². The Labute approximate surface area is 219 Å². The van der Waals surface area contributed by atoms with Crippen LogP contribution >= 0.6 is 24.4 Å². The third-order valence-electron chi connectivity index (χ3n) is 6.17. The third-order valence-corrected chi connectivity index (χ3v) is 8.04. The molecule has 0 spiro atoms. The fraction of sp³-hybridized carbons (Fsp3) is 0.615. The molecular formula is C26H38N4O3S2. The van der Waals surface area contributed by atoms with E-state index in [4.69, 9.17) is 14.5 Å². The molecule has 2 atom stereocenters. The Morgan fingerprint density at radius 1 is 1.26 bits per heavy atom. The zero-order valence-corrected chi connectivity index (χ0v) is 22.6. The number of esters is 1. The summed E-state index contributed by atoms with van der Waals surface area (Å²) in [4.78, 5) is 25.7. The van der Waals surface area contributed by atoms with Crippen LogP contribution in [-0.4, -0.2) is 57.9 Å². The molecule has 0 aliphatic carbocycles. The fourth-order valence-electron chi connectivity index (χ4n) is 4.39. The number of hydrogen-bond donors (Lipinski definition) is 2. The molecule has 0 aromatic carbocycles. The molecule has 2 aromatic heterocycles. The van der Waals surface area contributed by atoms with Gasteiger partial charge in [0.15, 0.2) is 0 Å². The molecule has 2 unspecified atom stereocenters. The predicted molar refractivity (Wildman–Crippen MR) is 146 cm³/mol. The highest BCUT2D eigenvalue weighted by molar-refractivity contribution is 8.00. The number of rotatable bonds is 15. The molecule has 2 aromatic rings. The van der Waals surface area contributed by atoms with E-state index in [9.17, 15) is 4.79 Å². The molecule has 0 bridgehead atoms. The molecule has 192 valence electrons. The molecule has 1 aliphatic rings. The molecule has 7 nitrogen and oxygen atoms in total. The number of aromatic nitrogens is 3. The van der Waals surface area contributed by atoms with Crippen LogP contribution < -0.4 is 10.1 Å². The summed E-state index contributed by atoms with van der Waals surface area (Å²) < 4.78 is 10.4. The van der Waals surface area contributed by atoms with Gasteiger partial charge in [-0.3, -0.25) is 4.79 Å². The van der Waals surface area contributed by atoms with Crippen molar-refractivity contribution in [1.29, 1.82) is 0 Å². The first-order valence-corrected chi connectivity index (χ1v) is 14.3. The summed E-state index contributed by atoms with van der Waals surface area (Å²) in [6.07, 6.45) is 11.3. The van der Waals surface area contributed by atoms with Crippen LogP contribution in [0, 0.1) is 0 Å². The number of thiol groups is 1. The molecule has 1 aliphatic heterocycles. The molecule has 1 N–H and O–H groups in total. The van der Waals surface area contributed by atoms with Gasteiger partial charge in [-0.25, -0.2) is 15.0 Å². The number of aryl methyl sites for hydroxylation is 2. The van der Waals surface area contributed by atoms with Crippen molar-refractivity contribution in [3.05, 3.63) is 41.3 Å². The predicted octanol–water partition coefficient (Wildman–Crippen LogP) is 5.11. The van der Waals surface area contributed by atoms with Gasteiger partial charge in [0.2, 0.25) is 0 Å². The number of unbranched alkanes of at least 4 members (excludes halogenated alkanes) is 1. The van der Waals surface area contributed by atoms with Crippen LogP contribution in [0.25, 0.3) is 0 Å². The van der Waals surface area contributed by atoms with Crippen molar-refractivity contribution in [3.8, 4) is 6.01 Å². The second kappa shape index (κ2) is 15.2. The zero-order chi connectivity index (χ0) is 24.9. The van der Waals surface area contributed by atoms with Crippen molar-refractivity contribution in [2.75, 3.05) is 37.1 Å². The van der Waals surface area contributed by atoms with Crippen molar-refractivity contribution in [2.24, 2.45) is 0 Å². The van der Waals surface area contributed by atoms with Crippen molar-refractivity contribution >= 4 is 36.2 Å². The van der Waals surface area contributed by atoms with E-state index in [1.54, 1.807) is 19.5 Å². The largest absolute Gasteiger partial charge is 0.467 e. The summed E-state index contributed by atoms with van der Waals surface area (Å²) in [5.41, 5.74) is 3.44. The van der Waals surface area contributed by atoms with E-state index in [-0.39, 0.29) is 11.9 Å². The van der Waals surface area contributed by atoms with E-state index in [2.05, 4.69) is 40.0 Å². The molecule has 3 heterocycles. The molecule has 0 amide bonds. The molecule has 9 heteroatoms. The fourth-order valence-corrected chi connectivity index (χ4v) is 5.85. The van der Waals surface area contributed by atoms with E-state index in [0.717, 1.165) is 73.7 Å². The maximum absolute atomic E-state index is 12.3. The second-order valence-corrected chi connectivity index (χ2v) is 10.6. The first kappa shape index (κ1) is 27.6. The molecule has 3 rings (SSSR count). The highest BCUT2D eigenvalue weighted by Crippen LogP contribution is 2.32. The Hall–Kier alpha value is -2.00. The molecule has 35 heavy (non-hydrogen) atoms. The monoisotopic (exact) mass is 518 g/mol. The number of hydrogen-bond acceptors (Lipinski definition) is 9. The summed E-state index contributed by atoms with van der Waals surface area (Å²) in [5.74, 6) is 2.71. The Balaban J connectivity index is 1.58. The molecule has 0 radical (unpaired) electrons. The van der Waals surface area contributed by atoms with Gasteiger partial charge in [0.25, 0.3) is 0 Å². The zero-order valence-electron chi connectivity index (χ0n) is 20.9. The highest BCUT2D eigenvalue weighted by Gasteiger charge is 2.23. The Kier molecular flexibility index (Phi) is 12.0. The summed E-state index contributed by atoms with van der Waals surface area (Å²) >= 11 is 6.35. The number of pyridine rings is 1. The van der Waals surface area contributed by atoms with Crippen LogP contribution in [0.15, 0.2) is 24.5 Å². The van der Waals surface area contributed by atoms with Crippen molar-refractivity contribution < 1.29 is 14.3 Å². The number of nitrogens with zero attached hydrogens (tertiary/aromatic N) is 3. The maximum Gasteiger partial charge on any atom is 0.316 e. The molecule has 0 fully saturated rings. The number of thioether (sulfide) groups is 1. The van der Waals surface area contributed by atoms with Gasteiger partial charge in [0.05, 0.1) is 20.1 Å². The number of fused-ring (bicyclic) bond motifs is 1. The maximum atomic E-state index is 12.3. The topological polar surface area (TPSA) is 86.2 Å². The normalized spacial score (nSPS) is 14.5. The lowest BCUT2D eigenvalue weighted by molar-refractivity contribution is -0.143. The number of anilines is 1. The number of carbonyl (C=O) groups is 1. The van der Waals surface area contributed by atoms with Gasteiger partial charge in [-0.1, -0.05) is 12.5 Å². The summed E-state index contributed by atoms with van der Waals surface area (Å²) in [5, 5.41) is 3.84. The van der Waals surface area contributed by atoms with E-state index < -0.39 is 0 Å². The van der Waals surface area contributed by atoms with E-state index in [1.165, 1.54) is 12.0 Å². The number of ether oxygens (including phenoxy) is 2. The van der Waals surface area contributed by atoms with Crippen molar-refractivity contribution in [1.82, 2.24) is 15.0 Å². The lowest BCUT2D eigenvalue weighted by Crippen LogP contribution is -2.17. The average Bonchev–Trinajstić information content (AvgIpc) is 2.89. The smallest absolute Gasteiger partial charge is 0.316 e. The standard InChI is InChI=1S/C26H38N4O3S2/c1-3-33-24(31)16-20(21-17-28-26(32-2)29-18-21)15-23(35-14-13-34)9-5-4-8-22-11-10-19-7-6-12-27-25(19)30-22/h10-11,17-18,20,23,34H,3-9,12-16H2,1-2H3,(H,27,30). The second-order valence-electron chi connectivity index (χ2n) is 8.75. The SMILES string of the molecule is CCOC(=O)CC(CC(CCCCc1ccc2c(n1)NCCC2)SCCS)c1cnc(OC)nc1. The first-order valence-electron chi connectivity index (χ1n) is 12.6. The van der Waals surface area contributed by atoms with Gasteiger partial charge in [-0.2, -0.15) is 24.4 Å². The van der Waals surface area contributed by atoms with Gasteiger partial charge in [0, 0.05) is 35.6 Å². The van der Waals surface area contributed by atoms with Crippen LogP contribution in [-0.2, 0) is 22.4 Å². The molecule has 0 saturated carbocycles. The number of methoxy groups -OCH3 is 1. The van der Waals surface area contributed by atoms with Crippen LogP contribution in [0.5, 0.6) is 6.01 Å². The summed E-state index contributed by atoms with van der Waals surface area (Å²) in [6.45, 7) is 3.23. The first-order chi connectivity index (χ1) is 17.1. The van der Waals surface area contributed by atoms with Crippen LogP contribution in [0.3, 0.4) is 0 Å². The number of nitrogens with one attached hydrogen (secondary N) is 1. The van der Waals surface area contributed by atoms with Gasteiger partial charge >= 0.3 is 12.0 Å². The van der Waals surface area contributed by atoms with E-state index >= 15 is 0 Å². The lowest BCUT2D eigenvalue weighted by atomic mass is 9.91. The number of carbonyl (C=O) groups excluding carboxylic acids is 1.